The van der Waals surface area contributed by atoms with Crippen LogP contribution in [-0.2, 0) is 21.4 Å². The number of aliphatic carboxylic acids is 1. The zero-order chi connectivity index (χ0) is 20.9. The number of aromatic nitrogens is 2. The molecule has 0 aliphatic rings. The Balaban J connectivity index is 1.91. The molecular formula is C20H19N3O5S. The third-order valence-corrected chi connectivity index (χ3v) is 5.94. The fourth-order valence-electron chi connectivity index (χ4n) is 2.72. The van der Waals surface area contributed by atoms with E-state index < -0.39 is 22.6 Å². The molecule has 3 aromatic rings. The third-order valence-electron chi connectivity index (χ3n) is 4.12. The molecule has 0 aliphatic heterocycles. The average molecular weight is 413 g/mol. The number of carboxylic acids is 1. The fraction of sp³-hybridized carbons (Fsp3) is 0.150. The Labute approximate surface area is 168 Å². The second kappa shape index (κ2) is 8.80. The lowest BCUT2D eigenvalue weighted by atomic mass is 10.0. The summed E-state index contributed by atoms with van der Waals surface area (Å²) in [7, 11) is -2.14. The summed E-state index contributed by atoms with van der Waals surface area (Å²) in [5.74, 6) is -0.752. The summed E-state index contributed by atoms with van der Waals surface area (Å²) in [6.45, 7) is -0.376. The molecule has 0 fully saturated rings. The molecule has 1 aromatic heterocycles. The van der Waals surface area contributed by atoms with Crippen molar-refractivity contribution in [2.75, 3.05) is 13.7 Å². The number of rotatable bonds is 8. The Kier molecular flexibility index (Phi) is 6.20. The van der Waals surface area contributed by atoms with Gasteiger partial charge in [0.1, 0.15) is 12.1 Å². The number of carbonyl (C=O) groups is 1. The number of carboxylic acid groups (broad SMARTS) is 1. The van der Waals surface area contributed by atoms with Crippen LogP contribution in [0.1, 0.15) is 5.56 Å². The van der Waals surface area contributed by atoms with Crippen molar-refractivity contribution in [3.63, 3.8) is 0 Å². The predicted octanol–water partition coefficient (Wildman–Crippen LogP) is 2.43. The molecule has 0 radical (unpaired) electrons. The second-order valence-electron chi connectivity index (χ2n) is 6.21. The van der Waals surface area contributed by atoms with E-state index in [0.29, 0.717) is 22.4 Å². The topological polar surface area (TPSA) is 110 Å². The molecule has 3 rings (SSSR count). The van der Waals surface area contributed by atoms with Crippen molar-refractivity contribution in [2.45, 2.75) is 11.4 Å². The third kappa shape index (κ3) is 4.95. The molecule has 8 nitrogen and oxygen atoms in total. The van der Waals surface area contributed by atoms with E-state index in [0.717, 1.165) is 0 Å². The van der Waals surface area contributed by atoms with Crippen LogP contribution in [0.5, 0.6) is 5.75 Å². The Hall–Kier alpha value is -3.30. The SMILES string of the molecule is CN(Cc1ccc(OCC(=O)O)c(-c2cncnc2)c1)S(=O)(=O)c1ccccc1. The highest BCUT2D eigenvalue weighted by Crippen LogP contribution is 2.31. The largest absolute Gasteiger partial charge is 0.481 e. The van der Waals surface area contributed by atoms with Gasteiger partial charge in [0.2, 0.25) is 10.0 Å². The Morgan fingerprint density at radius 2 is 1.79 bits per heavy atom. The van der Waals surface area contributed by atoms with Crippen molar-refractivity contribution in [3.8, 4) is 16.9 Å². The normalized spacial score (nSPS) is 11.4. The minimum absolute atomic E-state index is 0.122. The van der Waals surface area contributed by atoms with E-state index in [2.05, 4.69) is 9.97 Å². The number of sulfonamides is 1. The van der Waals surface area contributed by atoms with E-state index in [4.69, 9.17) is 9.84 Å². The maximum Gasteiger partial charge on any atom is 0.341 e. The molecule has 0 aliphatic carbocycles. The average Bonchev–Trinajstić information content (AvgIpc) is 2.74. The molecule has 0 unspecified atom stereocenters. The summed E-state index contributed by atoms with van der Waals surface area (Å²) >= 11 is 0. The van der Waals surface area contributed by atoms with Gasteiger partial charge in [-0.05, 0) is 29.8 Å². The molecule has 0 saturated carbocycles. The molecule has 0 amide bonds. The van der Waals surface area contributed by atoms with E-state index in [1.54, 1.807) is 60.9 Å². The lowest BCUT2D eigenvalue weighted by molar-refractivity contribution is -0.139. The Bertz CT molecular complexity index is 1090. The zero-order valence-electron chi connectivity index (χ0n) is 15.6. The first-order valence-corrected chi connectivity index (χ1v) is 10.1. The van der Waals surface area contributed by atoms with Crippen LogP contribution >= 0.6 is 0 Å². The molecular weight excluding hydrogens is 394 g/mol. The number of ether oxygens (including phenoxy) is 1. The maximum absolute atomic E-state index is 12.8. The number of hydrogen-bond donors (Lipinski definition) is 1. The van der Waals surface area contributed by atoms with Crippen LogP contribution < -0.4 is 4.74 Å². The summed E-state index contributed by atoms with van der Waals surface area (Å²) in [6.07, 6.45) is 4.53. The molecule has 150 valence electrons. The first-order chi connectivity index (χ1) is 13.9. The van der Waals surface area contributed by atoms with Gasteiger partial charge in [0.05, 0.1) is 4.90 Å². The highest BCUT2D eigenvalue weighted by Gasteiger charge is 2.21. The summed E-state index contributed by atoms with van der Waals surface area (Å²) in [6, 6.07) is 13.2. The van der Waals surface area contributed by atoms with Gasteiger partial charge in [-0.25, -0.2) is 23.2 Å². The molecule has 2 aromatic carbocycles. The van der Waals surface area contributed by atoms with Gasteiger partial charge in [0.25, 0.3) is 0 Å². The van der Waals surface area contributed by atoms with Crippen LogP contribution in [0.3, 0.4) is 0 Å². The van der Waals surface area contributed by atoms with E-state index in [-0.39, 0.29) is 11.4 Å². The van der Waals surface area contributed by atoms with Crippen LogP contribution in [0.2, 0.25) is 0 Å². The number of hydrogen-bond acceptors (Lipinski definition) is 6. The minimum atomic E-state index is -3.65. The molecule has 0 spiro atoms. The Morgan fingerprint density at radius 3 is 2.45 bits per heavy atom. The number of benzene rings is 2. The maximum atomic E-state index is 12.8. The van der Waals surface area contributed by atoms with E-state index >= 15 is 0 Å². The second-order valence-corrected chi connectivity index (χ2v) is 8.26. The molecule has 0 bridgehead atoms. The van der Waals surface area contributed by atoms with Gasteiger partial charge in [-0.3, -0.25) is 0 Å². The van der Waals surface area contributed by atoms with Gasteiger partial charge >= 0.3 is 5.97 Å². The first kappa shape index (κ1) is 20.4. The highest BCUT2D eigenvalue weighted by atomic mass is 32.2. The van der Waals surface area contributed by atoms with Gasteiger partial charge in [0, 0.05) is 37.1 Å². The van der Waals surface area contributed by atoms with Crippen molar-refractivity contribution >= 4 is 16.0 Å². The van der Waals surface area contributed by atoms with E-state index in [9.17, 15) is 13.2 Å². The Morgan fingerprint density at radius 1 is 1.10 bits per heavy atom. The molecule has 0 saturated heterocycles. The molecule has 0 atom stereocenters. The van der Waals surface area contributed by atoms with Crippen LogP contribution in [0.15, 0.2) is 72.1 Å². The van der Waals surface area contributed by atoms with Crippen molar-refractivity contribution in [1.29, 1.82) is 0 Å². The monoisotopic (exact) mass is 413 g/mol. The van der Waals surface area contributed by atoms with Crippen molar-refractivity contribution in [3.05, 3.63) is 72.8 Å². The van der Waals surface area contributed by atoms with Crippen LogP contribution in [-0.4, -0.2) is 47.4 Å². The molecule has 9 heteroatoms. The molecule has 1 N–H and O–H groups in total. The number of nitrogens with zero attached hydrogens (tertiary/aromatic N) is 3. The highest BCUT2D eigenvalue weighted by molar-refractivity contribution is 7.89. The molecule has 1 heterocycles. The smallest absolute Gasteiger partial charge is 0.341 e. The van der Waals surface area contributed by atoms with Crippen molar-refractivity contribution in [2.24, 2.45) is 0 Å². The summed E-state index contributed by atoms with van der Waals surface area (Å²) in [5.41, 5.74) is 1.91. The predicted molar refractivity (Wildman–Crippen MR) is 106 cm³/mol. The summed E-state index contributed by atoms with van der Waals surface area (Å²) in [4.78, 5) is 19.0. The lowest BCUT2D eigenvalue weighted by Crippen LogP contribution is -2.26. The van der Waals surface area contributed by atoms with Gasteiger partial charge in [0.15, 0.2) is 6.61 Å². The minimum Gasteiger partial charge on any atom is -0.481 e. The van der Waals surface area contributed by atoms with Gasteiger partial charge < -0.3 is 9.84 Å². The standard InChI is InChI=1S/C20H19N3O5S/c1-23(29(26,27)17-5-3-2-4-6-17)12-15-7-8-19(28-13-20(24)25)18(9-15)16-10-21-14-22-11-16/h2-11,14H,12-13H2,1H3,(H,24,25). The van der Waals surface area contributed by atoms with Gasteiger partial charge in [-0.1, -0.05) is 24.3 Å². The van der Waals surface area contributed by atoms with Crippen LogP contribution in [0.4, 0.5) is 0 Å². The summed E-state index contributed by atoms with van der Waals surface area (Å²) in [5, 5.41) is 8.88. The van der Waals surface area contributed by atoms with Crippen LogP contribution in [0, 0.1) is 0 Å². The van der Waals surface area contributed by atoms with Crippen molar-refractivity contribution < 1.29 is 23.1 Å². The quantitative estimate of drug-likeness (QED) is 0.604. The van der Waals surface area contributed by atoms with Crippen molar-refractivity contribution in [1.82, 2.24) is 14.3 Å². The van der Waals surface area contributed by atoms with E-state index in [1.165, 1.54) is 17.7 Å². The lowest BCUT2D eigenvalue weighted by Gasteiger charge is -2.18. The van der Waals surface area contributed by atoms with Gasteiger partial charge in [-0.15, -0.1) is 0 Å². The zero-order valence-corrected chi connectivity index (χ0v) is 16.4. The van der Waals surface area contributed by atoms with E-state index in [1.807, 2.05) is 0 Å². The molecule has 29 heavy (non-hydrogen) atoms. The van der Waals surface area contributed by atoms with Crippen LogP contribution in [0.25, 0.3) is 11.1 Å². The fourth-order valence-corrected chi connectivity index (χ4v) is 3.90. The first-order valence-electron chi connectivity index (χ1n) is 8.62. The summed E-state index contributed by atoms with van der Waals surface area (Å²) < 4.78 is 32.1. The van der Waals surface area contributed by atoms with Gasteiger partial charge in [-0.2, -0.15) is 4.31 Å².